The fourth-order valence-electron chi connectivity index (χ4n) is 5.40. The van der Waals surface area contributed by atoms with Gasteiger partial charge < -0.3 is 14.3 Å². The van der Waals surface area contributed by atoms with Gasteiger partial charge in [-0.2, -0.15) is 0 Å². The molecule has 0 aliphatic heterocycles. The van der Waals surface area contributed by atoms with Crippen LogP contribution in [0.4, 0.5) is 15.8 Å². The lowest BCUT2D eigenvalue weighted by molar-refractivity contribution is 0.552. The third kappa shape index (κ3) is 4.68. The summed E-state index contributed by atoms with van der Waals surface area (Å²) in [5.74, 6) is -0.582. The largest absolute Gasteiger partial charge is 0.421 e. The Bertz CT molecular complexity index is 1940. The first-order valence-electron chi connectivity index (χ1n) is 13.2. The van der Waals surface area contributed by atoms with E-state index in [2.05, 4.69) is 5.32 Å². The van der Waals surface area contributed by atoms with Crippen LogP contribution in [0.2, 0.25) is 0 Å². The van der Waals surface area contributed by atoms with Gasteiger partial charge in [-0.1, -0.05) is 18.2 Å². The molecule has 208 valence electrons. The Morgan fingerprint density at radius 2 is 1.77 bits per heavy atom. The van der Waals surface area contributed by atoms with Crippen LogP contribution in [-0.4, -0.2) is 18.2 Å². The molecule has 2 heterocycles. The quantitative estimate of drug-likeness (QED) is 0.227. The molecule has 0 spiro atoms. The van der Waals surface area contributed by atoms with E-state index in [1.807, 2.05) is 42.5 Å². The van der Waals surface area contributed by atoms with E-state index in [1.165, 1.54) is 6.07 Å². The molecule has 2 fully saturated rings. The second kappa shape index (κ2) is 9.83. The Labute approximate surface area is 244 Å². The van der Waals surface area contributed by atoms with Gasteiger partial charge in [-0.25, -0.2) is 17.6 Å². The number of nitrogens with zero attached hydrogens (tertiary/aromatic N) is 1. The molecule has 2 saturated carbocycles. The number of aromatic nitrogens is 1. The number of hydrogen-bond acceptors (Lipinski definition) is 6. The van der Waals surface area contributed by atoms with E-state index in [-0.39, 0.29) is 50.5 Å². The maximum atomic E-state index is 14.9. The Balaban J connectivity index is 1.64. The molecule has 0 radical (unpaired) electrons. The summed E-state index contributed by atoms with van der Waals surface area (Å²) in [6.07, 6.45) is 3.07. The number of hydrogen-bond donors (Lipinski definition) is 1. The second-order valence-electron chi connectivity index (χ2n) is 10.8. The minimum absolute atomic E-state index is 0.00417. The van der Waals surface area contributed by atoms with Crippen LogP contribution >= 0.6 is 22.6 Å². The van der Waals surface area contributed by atoms with E-state index in [0.29, 0.717) is 38.8 Å². The Hall–Kier alpha value is -2.99. The molecule has 2 aromatic heterocycles. The lowest BCUT2D eigenvalue weighted by atomic mass is 9.94. The van der Waals surface area contributed by atoms with E-state index >= 15 is 0 Å². The SMILES string of the molecule is Cc1c(CS(=O)(=O)C2CC2)cccc1-c1c(C)n(C2CC2)c(=O)c2c(Nc3ccc(I)cc3F)c(C)c(=O)oc12. The number of fused-ring (bicyclic) bond motifs is 1. The van der Waals surface area contributed by atoms with Crippen molar-refractivity contribution in [3.8, 4) is 11.1 Å². The molecule has 0 bridgehead atoms. The molecule has 4 aromatic rings. The van der Waals surface area contributed by atoms with Crippen LogP contribution in [0.5, 0.6) is 0 Å². The Morgan fingerprint density at radius 1 is 1.05 bits per heavy atom. The van der Waals surface area contributed by atoms with Crippen molar-refractivity contribution >= 4 is 54.8 Å². The van der Waals surface area contributed by atoms with Gasteiger partial charge in [-0.05, 0) is 104 Å². The Kier molecular flexibility index (Phi) is 6.68. The number of anilines is 2. The molecule has 1 N–H and O–H groups in total. The molecule has 0 amide bonds. The summed E-state index contributed by atoms with van der Waals surface area (Å²) in [5, 5.41) is 2.90. The van der Waals surface area contributed by atoms with Crippen LogP contribution in [0.3, 0.4) is 0 Å². The fourth-order valence-corrected chi connectivity index (χ4v) is 7.69. The van der Waals surface area contributed by atoms with Crippen LogP contribution in [0, 0.1) is 30.2 Å². The van der Waals surface area contributed by atoms with Crippen molar-refractivity contribution in [2.75, 3.05) is 5.32 Å². The predicted octanol–water partition coefficient (Wildman–Crippen LogP) is 6.45. The first-order valence-corrected chi connectivity index (χ1v) is 16.0. The normalized spacial score (nSPS) is 15.5. The van der Waals surface area contributed by atoms with Gasteiger partial charge in [0.2, 0.25) is 0 Å². The zero-order valence-corrected chi connectivity index (χ0v) is 25.3. The highest BCUT2D eigenvalue weighted by atomic mass is 127. The van der Waals surface area contributed by atoms with Gasteiger partial charge in [0.25, 0.3) is 5.56 Å². The number of nitrogens with one attached hydrogen (secondary N) is 1. The molecule has 2 aromatic carbocycles. The summed E-state index contributed by atoms with van der Waals surface area (Å²) in [7, 11) is -3.27. The molecule has 2 aliphatic rings. The third-order valence-corrected chi connectivity index (χ3v) is 10.8. The van der Waals surface area contributed by atoms with Crippen LogP contribution in [0.25, 0.3) is 22.1 Å². The van der Waals surface area contributed by atoms with Crippen molar-refractivity contribution in [3.63, 3.8) is 0 Å². The number of pyridine rings is 1. The first kappa shape index (κ1) is 27.2. The number of sulfone groups is 1. The highest BCUT2D eigenvalue weighted by Gasteiger charge is 2.36. The number of halogens is 2. The smallest absolute Gasteiger partial charge is 0.341 e. The molecular weight excluding hydrogens is 646 g/mol. The monoisotopic (exact) mass is 674 g/mol. The first-order chi connectivity index (χ1) is 19.0. The molecular formula is C30H28FIN2O5S. The van der Waals surface area contributed by atoms with Crippen LogP contribution < -0.4 is 16.5 Å². The lowest BCUT2D eigenvalue weighted by Crippen LogP contribution is -2.25. The molecule has 0 unspecified atom stereocenters. The van der Waals surface area contributed by atoms with Gasteiger partial charge in [0.15, 0.2) is 15.4 Å². The van der Waals surface area contributed by atoms with Crippen molar-refractivity contribution in [1.82, 2.24) is 4.57 Å². The topological polar surface area (TPSA) is 98.4 Å². The average molecular weight is 675 g/mol. The third-order valence-electron chi connectivity index (χ3n) is 7.94. The van der Waals surface area contributed by atoms with Crippen LogP contribution in [0.1, 0.15) is 54.1 Å². The molecule has 2 aliphatic carbocycles. The standard InChI is InChI=1S/C30H28FIN2O5S/c1-15-18(14-40(37,38)21-10-11-21)5-4-6-22(15)25-17(3)34(20-8-9-20)29(35)26-27(16(2)30(36)39-28(25)26)33-24-12-7-19(32)13-23(24)31/h4-7,12-13,20-21,33H,8-11,14H2,1-3H3. The van der Waals surface area contributed by atoms with Crippen molar-refractivity contribution in [2.24, 2.45) is 0 Å². The summed E-state index contributed by atoms with van der Waals surface area (Å²) in [6.45, 7) is 5.23. The van der Waals surface area contributed by atoms with Gasteiger partial charge >= 0.3 is 5.63 Å². The summed E-state index contributed by atoms with van der Waals surface area (Å²) in [4.78, 5) is 27.2. The van der Waals surface area contributed by atoms with E-state index in [9.17, 15) is 22.4 Å². The van der Waals surface area contributed by atoms with Crippen molar-refractivity contribution in [1.29, 1.82) is 0 Å². The number of rotatable bonds is 7. The molecule has 10 heteroatoms. The molecule has 0 atom stereocenters. The molecule has 7 nitrogen and oxygen atoms in total. The average Bonchev–Trinajstić information content (AvgIpc) is 3.79. The minimum Gasteiger partial charge on any atom is -0.421 e. The zero-order valence-electron chi connectivity index (χ0n) is 22.3. The van der Waals surface area contributed by atoms with E-state index in [1.54, 1.807) is 35.8 Å². The fraction of sp³-hybridized carbons (Fsp3) is 0.333. The summed E-state index contributed by atoms with van der Waals surface area (Å²) in [5.41, 5.74) is 2.98. The van der Waals surface area contributed by atoms with Gasteiger partial charge in [-0.3, -0.25) is 4.79 Å². The zero-order chi connectivity index (χ0) is 28.5. The molecule has 40 heavy (non-hydrogen) atoms. The van der Waals surface area contributed by atoms with Gasteiger partial charge in [0.05, 0.1) is 27.9 Å². The van der Waals surface area contributed by atoms with Crippen molar-refractivity contribution < 1.29 is 17.2 Å². The molecule has 6 rings (SSSR count). The van der Waals surface area contributed by atoms with Gasteiger partial charge in [0, 0.05) is 20.9 Å². The summed E-state index contributed by atoms with van der Waals surface area (Å²) >= 11 is 2.01. The Morgan fingerprint density at radius 3 is 2.42 bits per heavy atom. The lowest BCUT2D eigenvalue weighted by Gasteiger charge is -2.21. The van der Waals surface area contributed by atoms with E-state index in [0.717, 1.165) is 18.4 Å². The van der Waals surface area contributed by atoms with Crippen molar-refractivity contribution in [2.45, 2.75) is 63.5 Å². The van der Waals surface area contributed by atoms with Crippen LogP contribution in [-0.2, 0) is 15.6 Å². The minimum atomic E-state index is -3.27. The van der Waals surface area contributed by atoms with Crippen molar-refractivity contribution in [3.05, 3.63) is 88.9 Å². The van der Waals surface area contributed by atoms with E-state index in [4.69, 9.17) is 4.42 Å². The summed E-state index contributed by atoms with van der Waals surface area (Å²) in [6, 6.07) is 10.1. The van der Waals surface area contributed by atoms with E-state index < -0.39 is 21.3 Å². The maximum absolute atomic E-state index is 14.9. The van der Waals surface area contributed by atoms with Crippen LogP contribution in [0.15, 0.2) is 50.4 Å². The highest BCUT2D eigenvalue weighted by Crippen LogP contribution is 2.42. The highest BCUT2D eigenvalue weighted by molar-refractivity contribution is 14.1. The molecule has 0 saturated heterocycles. The van der Waals surface area contributed by atoms with Gasteiger partial charge in [0.1, 0.15) is 11.2 Å². The summed E-state index contributed by atoms with van der Waals surface area (Å²) < 4.78 is 48.9. The van der Waals surface area contributed by atoms with Gasteiger partial charge in [-0.15, -0.1) is 0 Å². The maximum Gasteiger partial charge on any atom is 0.341 e. The second-order valence-corrected chi connectivity index (χ2v) is 14.3. The number of benzene rings is 2. The predicted molar refractivity (Wildman–Crippen MR) is 163 cm³/mol.